The van der Waals surface area contributed by atoms with Crippen molar-refractivity contribution in [1.82, 2.24) is 19.8 Å². The first-order valence-electron chi connectivity index (χ1n) is 12.9. The molecule has 0 aromatic carbocycles. The van der Waals surface area contributed by atoms with Gasteiger partial charge in [-0.25, -0.2) is 0 Å². The zero-order valence-corrected chi connectivity index (χ0v) is 20.8. The molecule has 1 saturated carbocycles. The van der Waals surface area contributed by atoms with Crippen LogP contribution in [0.1, 0.15) is 66.0 Å². The first-order chi connectivity index (χ1) is 17.2. The van der Waals surface area contributed by atoms with Gasteiger partial charge in [-0.1, -0.05) is 12.1 Å². The summed E-state index contributed by atoms with van der Waals surface area (Å²) in [5, 5.41) is 3.09. The summed E-state index contributed by atoms with van der Waals surface area (Å²) in [6.07, 6.45) is 1.72. The number of carbonyl (C=O) groups is 1. The Bertz CT molecular complexity index is 1110. The number of hydrogen-bond acceptors (Lipinski definition) is 4. The van der Waals surface area contributed by atoms with Crippen LogP contribution in [0.15, 0.2) is 35.1 Å². The van der Waals surface area contributed by atoms with Gasteiger partial charge in [0.15, 0.2) is 0 Å². The number of hydrogen-bond donors (Lipinski definition) is 1. The van der Waals surface area contributed by atoms with Crippen molar-refractivity contribution < 1.29 is 18.0 Å². The lowest BCUT2D eigenvalue weighted by molar-refractivity contribution is -0.134. The Morgan fingerprint density at radius 2 is 1.83 bits per heavy atom. The molecule has 1 amide bonds. The number of rotatable bonds is 7. The molecule has 0 spiro atoms. The lowest BCUT2D eigenvalue weighted by Gasteiger charge is -2.31. The molecule has 1 aliphatic carbocycles. The summed E-state index contributed by atoms with van der Waals surface area (Å²) >= 11 is 0. The number of aromatic nitrogens is 2. The zero-order chi connectivity index (χ0) is 25.7. The second kappa shape index (κ2) is 11.6. The van der Waals surface area contributed by atoms with Crippen molar-refractivity contribution in [3.8, 4) is 0 Å². The third-order valence-corrected chi connectivity index (χ3v) is 7.61. The molecule has 4 rings (SSSR count). The molecule has 0 unspecified atom stereocenters. The number of amides is 1. The number of halogens is 3. The number of alkyl halides is 3. The molecule has 6 nitrogen and oxygen atoms in total. The van der Waals surface area contributed by atoms with Crippen LogP contribution >= 0.6 is 0 Å². The van der Waals surface area contributed by atoms with E-state index >= 15 is 0 Å². The van der Waals surface area contributed by atoms with E-state index in [-0.39, 0.29) is 23.9 Å². The van der Waals surface area contributed by atoms with Crippen molar-refractivity contribution in [3.05, 3.63) is 63.3 Å². The molecular weight excluding hydrogens is 469 g/mol. The van der Waals surface area contributed by atoms with Gasteiger partial charge in [0.1, 0.15) is 5.69 Å². The van der Waals surface area contributed by atoms with Gasteiger partial charge in [0.05, 0.1) is 0 Å². The number of nitrogens with zero attached hydrogens (tertiary/aromatic N) is 3. The minimum atomic E-state index is -4.16. The fraction of sp³-hybridized carbons (Fsp3) is 0.593. The fourth-order valence-corrected chi connectivity index (χ4v) is 5.32. The number of pyridine rings is 2. The van der Waals surface area contributed by atoms with Crippen LogP contribution in [0.5, 0.6) is 0 Å². The van der Waals surface area contributed by atoms with E-state index in [9.17, 15) is 22.8 Å². The van der Waals surface area contributed by atoms with Crippen molar-refractivity contribution >= 4 is 5.91 Å². The number of fused-ring (bicyclic) bond motifs is 1. The standard InChI is InChI=1S/C27H35F3N4O2/c1-33-24(3-2-4-25(33)35)26(36)32-21-8-5-19(6-9-21)12-16-34-17-13-20-7-10-22(11-15-27(28,29)30)31-23(20)14-18-34/h2-4,7,10,19,21H,5-6,8-9,11-18H2,1H3,(H,32,36). The highest BCUT2D eigenvalue weighted by molar-refractivity contribution is 5.92. The molecule has 1 aliphatic heterocycles. The Morgan fingerprint density at radius 3 is 2.58 bits per heavy atom. The van der Waals surface area contributed by atoms with Gasteiger partial charge in [0, 0.05) is 56.5 Å². The van der Waals surface area contributed by atoms with Gasteiger partial charge in [-0.05, 0) is 75.1 Å². The predicted molar refractivity (Wildman–Crippen MR) is 132 cm³/mol. The van der Waals surface area contributed by atoms with Gasteiger partial charge >= 0.3 is 6.18 Å². The average Bonchev–Trinajstić information content (AvgIpc) is 3.05. The predicted octanol–water partition coefficient (Wildman–Crippen LogP) is 4.05. The van der Waals surface area contributed by atoms with Gasteiger partial charge < -0.3 is 14.8 Å². The van der Waals surface area contributed by atoms with Crippen LogP contribution in [0, 0.1) is 5.92 Å². The van der Waals surface area contributed by atoms with Crippen molar-refractivity contribution in [2.75, 3.05) is 19.6 Å². The Hall–Kier alpha value is -2.68. The van der Waals surface area contributed by atoms with Gasteiger partial charge in [0.25, 0.3) is 11.5 Å². The van der Waals surface area contributed by atoms with Crippen LogP contribution in [-0.4, -0.2) is 52.2 Å². The molecule has 1 N–H and O–H groups in total. The second-order valence-corrected chi connectivity index (χ2v) is 10.2. The van der Waals surface area contributed by atoms with Crippen molar-refractivity contribution in [1.29, 1.82) is 0 Å². The Morgan fingerprint density at radius 1 is 1.08 bits per heavy atom. The summed E-state index contributed by atoms with van der Waals surface area (Å²) < 4.78 is 39.0. The van der Waals surface area contributed by atoms with E-state index in [1.54, 1.807) is 25.2 Å². The summed E-state index contributed by atoms with van der Waals surface area (Å²) in [5.41, 5.74) is 2.82. The number of nitrogens with one attached hydrogen (secondary N) is 1. The summed E-state index contributed by atoms with van der Waals surface area (Å²) in [4.78, 5) is 31.4. The highest BCUT2D eigenvalue weighted by Crippen LogP contribution is 2.28. The smallest absolute Gasteiger partial charge is 0.348 e. The van der Waals surface area contributed by atoms with Gasteiger partial charge in [0.2, 0.25) is 0 Å². The van der Waals surface area contributed by atoms with Gasteiger partial charge in [-0.3, -0.25) is 14.6 Å². The first-order valence-corrected chi connectivity index (χ1v) is 12.9. The first kappa shape index (κ1) is 26.4. The quantitative estimate of drug-likeness (QED) is 0.618. The summed E-state index contributed by atoms with van der Waals surface area (Å²) in [6.45, 7) is 2.82. The van der Waals surface area contributed by atoms with Crippen LogP contribution in [0.4, 0.5) is 13.2 Å². The van der Waals surface area contributed by atoms with Crippen LogP contribution in [0.3, 0.4) is 0 Å². The average molecular weight is 505 g/mol. The highest BCUT2D eigenvalue weighted by Gasteiger charge is 2.27. The minimum absolute atomic E-state index is 0.0624. The van der Waals surface area contributed by atoms with E-state index < -0.39 is 12.6 Å². The van der Waals surface area contributed by atoms with E-state index in [4.69, 9.17) is 0 Å². The molecular formula is C27H35F3N4O2. The summed E-state index contributed by atoms with van der Waals surface area (Å²) in [6, 6.07) is 8.56. The Balaban J connectivity index is 1.19. The fourth-order valence-electron chi connectivity index (χ4n) is 5.32. The Kier molecular flexibility index (Phi) is 8.49. The summed E-state index contributed by atoms with van der Waals surface area (Å²) in [5.74, 6) is 0.426. The normalized spacial score (nSPS) is 21.0. The molecule has 3 heterocycles. The molecule has 196 valence electrons. The third-order valence-electron chi connectivity index (χ3n) is 7.61. The molecule has 0 saturated heterocycles. The molecule has 0 atom stereocenters. The van der Waals surface area contributed by atoms with Crippen LogP contribution < -0.4 is 10.9 Å². The topological polar surface area (TPSA) is 67.2 Å². The van der Waals surface area contributed by atoms with E-state index in [1.807, 2.05) is 6.07 Å². The van der Waals surface area contributed by atoms with Gasteiger partial charge in [-0.15, -0.1) is 0 Å². The number of aryl methyl sites for hydroxylation is 1. The maximum atomic E-state index is 12.6. The van der Waals surface area contributed by atoms with Crippen LogP contribution in [0.2, 0.25) is 0 Å². The monoisotopic (exact) mass is 504 g/mol. The lowest BCUT2D eigenvalue weighted by Crippen LogP contribution is -2.40. The zero-order valence-electron chi connectivity index (χ0n) is 20.8. The molecule has 0 radical (unpaired) electrons. The molecule has 2 aromatic rings. The Labute approximate surface area is 209 Å². The van der Waals surface area contributed by atoms with E-state index in [0.717, 1.165) is 75.8 Å². The van der Waals surface area contributed by atoms with Crippen molar-refractivity contribution in [2.45, 2.75) is 70.0 Å². The molecule has 2 aliphatic rings. The SMILES string of the molecule is Cn1c(C(=O)NC2CCC(CCN3CCc4ccc(CCC(F)(F)F)nc4CC3)CC2)cccc1=O. The van der Waals surface area contributed by atoms with Crippen molar-refractivity contribution in [2.24, 2.45) is 13.0 Å². The largest absolute Gasteiger partial charge is 0.389 e. The van der Waals surface area contributed by atoms with Gasteiger partial charge in [-0.2, -0.15) is 13.2 Å². The number of carbonyl (C=O) groups excluding carboxylic acids is 1. The third kappa shape index (κ3) is 7.18. The molecule has 2 aromatic heterocycles. The highest BCUT2D eigenvalue weighted by atomic mass is 19.4. The molecule has 36 heavy (non-hydrogen) atoms. The van der Waals surface area contributed by atoms with Crippen LogP contribution in [-0.2, 0) is 26.3 Å². The lowest BCUT2D eigenvalue weighted by atomic mass is 9.84. The molecule has 1 fully saturated rings. The van der Waals surface area contributed by atoms with E-state index in [2.05, 4.69) is 15.2 Å². The summed E-state index contributed by atoms with van der Waals surface area (Å²) in [7, 11) is 1.61. The van der Waals surface area contributed by atoms with E-state index in [0.29, 0.717) is 17.3 Å². The van der Waals surface area contributed by atoms with Crippen molar-refractivity contribution in [3.63, 3.8) is 0 Å². The van der Waals surface area contributed by atoms with E-state index in [1.165, 1.54) is 10.6 Å². The second-order valence-electron chi connectivity index (χ2n) is 10.2. The maximum absolute atomic E-state index is 12.6. The van der Waals surface area contributed by atoms with Crippen LogP contribution in [0.25, 0.3) is 0 Å². The maximum Gasteiger partial charge on any atom is 0.389 e. The minimum Gasteiger partial charge on any atom is -0.348 e. The molecule has 0 bridgehead atoms. The molecule has 9 heteroatoms.